The van der Waals surface area contributed by atoms with Crippen molar-refractivity contribution in [3.8, 4) is 0 Å². The van der Waals surface area contributed by atoms with Gasteiger partial charge in [0.2, 0.25) is 10.0 Å². The summed E-state index contributed by atoms with van der Waals surface area (Å²) in [5.41, 5.74) is 0.693. The Hall–Kier alpha value is -3.29. The first-order chi connectivity index (χ1) is 14.3. The number of hydrogen-bond acceptors (Lipinski definition) is 9. The highest BCUT2D eigenvalue weighted by molar-refractivity contribution is 7.89. The lowest BCUT2D eigenvalue weighted by Crippen LogP contribution is -2.35. The van der Waals surface area contributed by atoms with E-state index in [1.807, 2.05) is 0 Å². The zero-order chi connectivity index (χ0) is 21.3. The number of benzene rings is 1. The van der Waals surface area contributed by atoms with Crippen LogP contribution in [0.15, 0.2) is 47.8 Å². The number of carbonyl (C=O) groups is 1. The van der Waals surface area contributed by atoms with Crippen molar-refractivity contribution >= 4 is 38.1 Å². The molecule has 0 aliphatic carbocycles. The van der Waals surface area contributed by atoms with E-state index in [9.17, 15) is 23.3 Å². The molecule has 0 fully saturated rings. The molecule has 13 heteroatoms. The number of thiazole rings is 1. The smallest absolute Gasteiger partial charge is 0.277 e. The zero-order valence-electron chi connectivity index (χ0n) is 15.3. The first-order valence-electron chi connectivity index (χ1n) is 8.65. The fourth-order valence-corrected chi connectivity index (χ4v) is 5.41. The molecule has 11 nitrogen and oxygen atoms in total. The van der Waals surface area contributed by atoms with Crippen LogP contribution in [-0.2, 0) is 23.0 Å². The molecule has 1 aliphatic rings. The highest BCUT2D eigenvalue weighted by Crippen LogP contribution is 2.31. The van der Waals surface area contributed by atoms with Gasteiger partial charge in [-0.25, -0.2) is 18.4 Å². The number of amides is 1. The van der Waals surface area contributed by atoms with E-state index in [1.165, 1.54) is 46.4 Å². The minimum absolute atomic E-state index is 0.0164. The summed E-state index contributed by atoms with van der Waals surface area (Å²) in [4.78, 5) is 35.2. The molecule has 154 valence electrons. The van der Waals surface area contributed by atoms with Crippen LogP contribution in [0.25, 0.3) is 0 Å². The normalized spacial score (nSPS) is 14.1. The number of nitro benzene ring substituents is 1. The van der Waals surface area contributed by atoms with Gasteiger partial charge in [-0.05, 0) is 12.1 Å². The van der Waals surface area contributed by atoms with Crippen LogP contribution in [0.2, 0.25) is 0 Å². The summed E-state index contributed by atoms with van der Waals surface area (Å²) in [5, 5.41) is 13.8. The monoisotopic (exact) mass is 446 g/mol. The van der Waals surface area contributed by atoms with E-state index >= 15 is 0 Å². The average Bonchev–Trinajstić information content (AvgIpc) is 3.15. The van der Waals surface area contributed by atoms with E-state index in [2.05, 4.69) is 20.3 Å². The van der Waals surface area contributed by atoms with Gasteiger partial charge in [0.05, 0.1) is 28.3 Å². The molecule has 3 heterocycles. The lowest BCUT2D eigenvalue weighted by molar-refractivity contribution is -0.384. The highest BCUT2D eigenvalue weighted by Gasteiger charge is 2.31. The molecule has 0 saturated carbocycles. The number of rotatable bonds is 5. The molecule has 0 spiro atoms. The summed E-state index contributed by atoms with van der Waals surface area (Å²) in [6.45, 7) is 0.320. The second-order valence-corrected chi connectivity index (χ2v) is 9.29. The van der Waals surface area contributed by atoms with Gasteiger partial charge in [-0.1, -0.05) is 0 Å². The molecular formula is C17H14N6O5S2. The lowest BCUT2D eigenvalue weighted by Gasteiger charge is -2.25. The topological polar surface area (TPSA) is 148 Å². The molecule has 0 bridgehead atoms. The van der Waals surface area contributed by atoms with E-state index in [0.29, 0.717) is 11.6 Å². The Labute approximate surface area is 174 Å². The van der Waals surface area contributed by atoms with Gasteiger partial charge >= 0.3 is 0 Å². The number of carbonyl (C=O) groups excluding carboxylic acids is 1. The summed E-state index contributed by atoms with van der Waals surface area (Å²) in [5.74, 6) is -0.454. The molecule has 4 rings (SSSR count). The number of aromatic nitrogens is 3. The second-order valence-electron chi connectivity index (χ2n) is 6.27. The fraction of sp³-hybridized carbons (Fsp3) is 0.176. The van der Waals surface area contributed by atoms with Gasteiger partial charge in [0.25, 0.3) is 11.6 Å². The SMILES string of the molecule is O=C(Nc1nc2c(s1)CN(S(=O)(=O)c1ccc([N+](=O)[O-])cc1)CC2)c1cnccn1. The third-order valence-corrected chi connectivity index (χ3v) is 7.26. The van der Waals surface area contributed by atoms with Crippen molar-refractivity contribution in [3.05, 3.63) is 69.2 Å². The summed E-state index contributed by atoms with van der Waals surface area (Å²) in [6.07, 6.45) is 4.59. The summed E-state index contributed by atoms with van der Waals surface area (Å²) < 4.78 is 27.1. The number of nitrogens with zero attached hydrogens (tertiary/aromatic N) is 5. The third-order valence-electron chi connectivity index (χ3n) is 4.40. The van der Waals surface area contributed by atoms with E-state index < -0.39 is 20.9 Å². The van der Waals surface area contributed by atoms with Crippen LogP contribution in [0, 0.1) is 10.1 Å². The van der Waals surface area contributed by atoms with Gasteiger partial charge in [0.1, 0.15) is 5.69 Å². The molecule has 1 N–H and O–H groups in total. The van der Waals surface area contributed by atoms with E-state index in [1.54, 1.807) is 0 Å². The zero-order valence-corrected chi connectivity index (χ0v) is 16.9. The number of hydrogen-bond donors (Lipinski definition) is 1. The first-order valence-corrected chi connectivity index (χ1v) is 10.9. The Bertz CT molecular complexity index is 1210. The first kappa shape index (κ1) is 20.0. The maximum Gasteiger partial charge on any atom is 0.277 e. The minimum Gasteiger partial charge on any atom is -0.296 e. The van der Waals surface area contributed by atoms with Crippen molar-refractivity contribution < 1.29 is 18.1 Å². The van der Waals surface area contributed by atoms with Gasteiger partial charge in [0, 0.05) is 42.4 Å². The van der Waals surface area contributed by atoms with Crippen molar-refractivity contribution in [1.82, 2.24) is 19.3 Å². The van der Waals surface area contributed by atoms with Crippen LogP contribution < -0.4 is 5.32 Å². The summed E-state index contributed by atoms with van der Waals surface area (Å²) >= 11 is 1.19. The van der Waals surface area contributed by atoms with Crippen molar-refractivity contribution in [3.63, 3.8) is 0 Å². The maximum atomic E-state index is 12.9. The Balaban J connectivity index is 1.51. The van der Waals surface area contributed by atoms with Crippen LogP contribution >= 0.6 is 11.3 Å². The number of sulfonamides is 1. The van der Waals surface area contributed by atoms with Gasteiger partial charge in [0.15, 0.2) is 5.13 Å². The molecule has 0 unspecified atom stereocenters. The van der Waals surface area contributed by atoms with Gasteiger partial charge in [-0.2, -0.15) is 4.31 Å². The van der Waals surface area contributed by atoms with Crippen LogP contribution in [0.4, 0.5) is 10.8 Å². The number of anilines is 1. The fourth-order valence-electron chi connectivity index (χ4n) is 2.90. The quantitative estimate of drug-likeness (QED) is 0.461. The molecule has 1 aliphatic heterocycles. The standard InChI is InChI=1S/C17H14N6O5S2/c24-16(14-9-18-6-7-19-14)21-17-20-13-5-8-22(10-15(13)29-17)30(27,28)12-3-1-11(2-4-12)23(25)26/h1-4,6-7,9H,5,8,10H2,(H,20,21,24). The minimum atomic E-state index is -3.82. The highest BCUT2D eigenvalue weighted by atomic mass is 32.2. The molecule has 0 radical (unpaired) electrons. The number of nitrogens with one attached hydrogen (secondary N) is 1. The van der Waals surface area contributed by atoms with Crippen LogP contribution in [0.5, 0.6) is 0 Å². The Morgan fingerprint density at radius 1 is 1.23 bits per heavy atom. The summed E-state index contributed by atoms with van der Waals surface area (Å²) in [6, 6.07) is 4.77. The van der Waals surface area contributed by atoms with Gasteiger partial charge < -0.3 is 0 Å². The van der Waals surface area contributed by atoms with Crippen LogP contribution in [-0.4, -0.2) is 45.1 Å². The number of fused-ring (bicyclic) bond motifs is 1. The molecule has 30 heavy (non-hydrogen) atoms. The molecule has 2 aromatic heterocycles. The predicted molar refractivity (Wildman–Crippen MR) is 106 cm³/mol. The second kappa shape index (κ2) is 7.85. The maximum absolute atomic E-state index is 12.9. The molecular weight excluding hydrogens is 432 g/mol. The molecule has 1 aromatic carbocycles. The Kier molecular flexibility index (Phi) is 5.24. The Morgan fingerprint density at radius 2 is 2.00 bits per heavy atom. The third kappa shape index (κ3) is 3.90. The van der Waals surface area contributed by atoms with Crippen molar-refractivity contribution in [2.75, 3.05) is 11.9 Å². The van der Waals surface area contributed by atoms with Gasteiger partial charge in [-0.3, -0.25) is 25.2 Å². The average molecular weight is 446 g/mol. The van der Waals surface area contributed by atoms with E-state index in [-0.39, 0.29) is 29.4 Å². The summed E-state index contributed by atoms with van der Waals surface area (Å²) in [7, 11) is -3.82. The van der Waals surface area contributed by atoms with E-state index in [0.717, 1.165) is 22.7 Å². The molecule has 0 saturated heterocycles. The van der Waals surface area contributed by atoms with Crippen molar-refractivity contribution in [2.45, 2.75) is 17.9 Å². The predicted octanol–water partition coefficient (Wildman–Crippen LogP) is 1.84. The van der Waals surface area contributed by atoms with Crippen molar-refractivity contribution in [1.29, 1.82) is 0 Å². The molecule has 3 aromatic rings. The number of non-ortho nitro benzene ring substituents is 1. The largest absolute Gasteiger partial charge is 0.296 e. The lowest BCUT2D eigenvalue weighted by atomic mass is 10.2. The van der Waals surface area contributed by atoms with Gasteiger partial charge in [-0.15, -0.1) is 11.3 Å². The molecule has 1 amide bonds. The van der Waals surface area contributed by atoms with E-state index in [4.69, 9.17) is 0 Å². The molecule has 0 atom stereocenters. The van der Waals surface area contributed by atoms with Crippen LogP contribution in [0.1, 0.15) is 21.1 Å². The van der Waals surface area contributed by atoms with Crippen molar-refractivity contribution in [2.24, 2.45) is 0 Å². The van der Waals surface area contributed by atoms with Crippen LogP contribution in [0.3, 0.4) is 0 Å². The number of nitro groups is 1. The Morgan fingerprint density at radius 3 is 2.67 bits per heavy atom.